The first kappa shape index (κ1) is 19.7. The number of hydrogen-bond acceptors (Lipinski definition) is 5. The number of rotatable bonds is 3. The van der Waals surface area contributed by atoms with Crippen molar-refractivity contribution in [1.29, 1.82) is 0 Å². The lowest BCUT2D eigenvalue weighted by Crippen LogP contribution is -2.19. The predicted octanol–water partition coefficient (Wildman–Crippen LogP) is 2.97. The van der Waals surface area contributed by atoms with Crippen LogP contribution in [0.4, 0.5) is 0 Å². The molecule has 5 nitrogen and oxygen atoms in total. The van der Waals surface area contributed by atoms with Crippen LogP contribution >= 0.6 is 0 Å². The van der Waals surface area contributed by atoms with Crippen LogP contribution in [0.2, 0.25) is 0 Å². The van der Waals surface area contributed by atoms with Crippen molar-refractivity contribution in [2.24, 2.45) is 0 Å². The third-order valence-corrected chi connectivity index (χ3v) is 3.82. The van der Waals surface area contributed by atoms with Gasteiger partial charge >= 0.3 is 11.9 Å². The molecule has 1 aromatic rings. The van der Waals surface area contributed by atoms with Crippen LogP contribution in [0.3, 0.4) is 0 Å². The second-order valence-electron chi connectivity index (χ2n) is 5.97. The lowest BCUT2D eigenvalue weighted by atomic mass is 9.96. The lowest BCUT2D eigenvalue weighted by molar-refractivity contribution is -0.133. The third kappa shape index (κ3) is 4.59. The zero-order valence-electron chi connectivity index (χ0n) is 15.3. The molecule has 0 aliphatic rings. The number of carbonyl (C=O) groups excluding carboxylic acids is 2. The van der Waals surface area contributed by atoms with E-state index in [0.717, 1.165) is 0 Å². The Morgan fingerprint density at radius 2 is 1.46 bits per heavy atom. The van der Waals surface area contributed by atoms with Crippen LogP contribution in [0.25, 0.3) is 0 Å². The van der Waals surface area contributed by atoms with Crippen LogP contribution in [-0.2, 0) is 9.59 Å². The summed E-state index contributed by atoms with van der Waals surface area (Å²) in [6, 6.07) is 0. The Morgan fingerprint density at radius 3 is 1.92 bits per heavy atom. The molecule has 0 bridgehead atoms. The normalized spacial score (nSPS) is 12.7. The quantitative estimate of drug-likeness (QED) is 0.523. The van der Waals surface area contributed by atoms with Gasteiger partial charge in [0.1, 0.15) is 17.1 Å². The SMILES string of the molecule is CC[C@@](C)(O)C#Cc1c(C)c(OC(C)=O)c(C)c(C)c1OC(C)=O. The molecule has 0 fully saturated rings. The molecule has 0 radical (unpaired) electrons. The van der Waals surface area contributed by atoms with E-state index in [0.29, 0.717) is 40.2 Å². The highest BCUT2D eigenvalue weighted by atomic mass is 16.5. The molecule has 0 spiro atoms. The summed E-state index contributed by atoms with van der Waals surface area (Å²) in [4.78, 5) is 22.8. The van der Waals surface area contributed by atoms with Crippen LogP contribution < -0.4 is 9.47 Å². The van der Waals surface area contributed by atoms with E-state index in [-0.39, 0.29) is 0 Å². The summed E-state index contributed by atoms with van der Waals surface area (Å²) in [6.45, 7) is 11.3. The molecule has 0 aromatic heterocycles. The fourth-order valence-corrected chi connectivity index (χ4v) is 2.10. The zero-order chi connectivity index (χ0) is 18.7. The third-order valence-electron chi connectivity index (χ3n) is 3.82. The summed E-state index contributed by atoms with van der Waals surface area (Å²) in [5, 5.41) is 10.1. The molecule has 1 rings (SSSR count). The van der Waals surface area contributed by atoms with Crippen LogP contribution in [0.5, 0.6) is 11.5 Å². The minimum Gasteiger partial charge on any atom is -0.426 e. The summed E-state index contributed by atoms with van der Waals surface area (Å²) in [7, 11) is 0. The first-order valence-corrected chi connectivity index (χ1v) is 7.76. The number of esters is 2. The van der Waals surface area contributed by atoms with Crippen molar-refractivity contribution in [2.75, 3.05) is 0 Å². The second kappa shape index (κ2) is 7.50. The second-order valence-corrected chi connectivity index (χ2v) is 5.97. The van der Waals surface area contributed by atoms with Gasteiger partial charge in [-0.3, -0.25) is 9.59 Å². The first-order valence-electron chi connectivity index (χ1n) is 7.76. The van der Waals surface area contributed by atoms with E-state index in [2.05, 4.69) is 11.8 Å². The van der Waals surface area contributed by atoms with Gasteiger partial charge < -0.3 is 14.6 Å². The van der Waals surface area contributed by atoms with Gasteiger partial charge in [0.05, 0.1) is 5.56 Å². The molecule has 0 saturated heterocycles. The fraction of sp³-hybridized carbons (Fsp3) is 0.474. The topological polar surface area (TPSA) is 72.8 Å². The summed E-state index contributed by atoms with van der Waals surface area (Å²) in [5.41, 5.74) is 1.21. The van der Waals surface area contributed by atoms with E-state index >= 15 is 0 Å². The van der Waals surface area contributed by atoms with Gasteiger partial charge in [0.2, 0.25) is 0 Å². The number of hydrogen-bond donors (Lipinski definition) is 1. The monoisotopic (exact) mass is 332 g/mol. The minimum atomic E-state index is -1.17. The van der Waals surface area contributed by atoms with Crippen molar-refractivity contribution >= 4 is 11.9 Å². The first-order chi connectivity index (χ1) is 11.0. The Hall–Kier alpha value is -2.32. The molecule has 0 aliphatic carbocycles. The smallest absolute Gasteiger partial charge is 0.308 e. The highest BCUT2D eigenvalue weighted by molar-refractivity contribution is 5.76. The van der Waals surface area contributed by atoms with Gasteiger partial charge in [0, 0.05) is 19.4 Å². The van der Waals surface area contributed by atoms with Crippen LogP contribution in [0, 0.1) is 32.6 Å². The molecule has 130 valence electrons. The van der Waals surface area contributed by atoms with E-state index in [4.69, 9.17) is 9.47 Å². The molecule has 24 heavy (non-hydrogen) atoms. The standard InChI is InChI=1S/C19H24O5/c1-8-19(7,22)10-9-16-13(4)17(23-14(5)20)11(2)12(3)18(16)24-15(6)21/h22H,8H2,1-7H3/t19-/m1/s1. The van der Waals surface area contributed by atoms with Gasteiger partial charge in [-0.2, -0.15) is 0 Å². The highest BCUT2D eigenvalue weighted by Crippen LogP contribution is 2.37. The maximum atomic E-state index is 11.5. The van der Waals surface area contributed by atoms with Crippen molar-refractivity contribution in [1.82, 2.24) is 0 Å². The number of benzene rings is 1. The van der Waals surface area contributed by atoms with Gasteiger partial charge in [0.25, 0.3) is 0 Å². The van der Waals surface area contributed by atoms with E-state index in [1.165, 1.54) is 13.8 Å². The Balaban J connectivity index is 3.70. The molecular weight excluding hydrogens is 308 g/mol. The Labute approximate surface area is 143 Å². The van der Waals surface area contributed by atoms with Crippen molar-refractivity contribution in [2.45, 2.75) is 60.5 Å². The highest BCUT2D eigenvalue weighted by Gasteiger charge is 2.22. The predicted molar refractivity (Wildman–Crippen MR) is 91.1 cm³/mol. The van der Waals surface area contributed by atoms with E-state index in [1.54, 1.807) is 27.7 Å². The molecular formula is C19H24O5. The average Bonchev–Trinajstić information content (AvgIpc) is 2.48. The number of aliphatic hydroxyl groups is 1. The van der Waals surface area contributed by atoms with E-state index in [1.807, 2.05) is 6.92 Å². The van der Waals surface area contributed by atoms with Crippen LogP contribution in [0.15, 0.2) is 0 Å². The molecule has 1 N–H and O–H groups in total. The summed E-state index contributed by atoms with van der Waals surface area (Å²) < 4.78 is 10.6. The number of carbonyl (C=O) groups is 2. The largest absolute Gasteiger partial charge is 0.426 e. The summed E-state index contributed by atoms with van der Waals surface area (Å²) in [6.07, 6.45) is 0.448. The molecule has 0 amide bonds. The van der Waals surface area contributed by atoms with Gasteiger partial charge in [-0.15, -0.1) is 0 Å². The minimum absolute atomic E-state index is 0.327. The fourth-order valence-electron chi connectivity index (χ4n) is 2.10. The Morgan fingerprint density at radius 1 is 1.00 bits per heavy atom. The van der Waals surface area contributed by atoms with Crippen LogP contribution in [-0.4, -0.2) is 22.6 Å². The maximum Gasteiger partial charge on any atom is 0.308 e. The van der Waals surface area contributed by atoms with Gasteiger partial charge in [-0.05, 0) is 45.2 Å². The van der Waals surface area contributed by atoms with E-state index < -0.39 is 17.5 Å². The maximum absolute atomic E-state index is 11.5. The molecule has 0 heterocycles. The van der Waals surface area contributed by atoms with E-state index in [9.17, 15) is 14.7 Å². The molecule has 0 unspecified atom stereocenters. The van der Waals surface area contributed by atoms with Crippen molar-refractivity contribution in [3.05, 3.63) is 22.3 Å². The van der Waals surface area contributed by atoms with Crippen molar-refractivity contribution in [3.8, 4) is 23.3 Å². The van der Waals surface area contributed by atoms with Gasteiger partial charge in [0.15, 0.2) is 0 Å². The van der Waals surface area contributed by atoms with Gasteiger partial charge in [-0.1, -0.05) is 18.8 Å². The van der Waals surface area contributed by atoms with Crippen molar-refractivity contribution < 1.29 is 24.2 Å². The average molecular weight is 332 g/mol. The molecule has 0 saturated carbocycles. The van der Waals surface area contributed by atoms with Crippen LogP contribution in [0.1, 0.15) is 56.4 Å². The summed E-state index contributed by atoms with van der Waals surface area (Å²) >= 11 is 0. The Kier molecular flexibility index (Phi) is 6.16. The molecule has 5 heteroatoms. The molecule has 1 aromatic carbocycles. The Bertz CT molecular complexity index is 733. The van der Waals surface area contributed by atoms with Crippen molar-refractivity contribution in [3.63, 3.8) is 0 Å². The molecule has 0 aliphatic heterocycles. The zero-order valence-corrected chi connectivity index (χ0v) is 15.3. The summed E-state index contributed by atoms with van der Waals surface area (Å²) in [5.74, 6) is 5.48. The van der Waals surface area contributed by atoms with Gasteiger partial charge in [-0.25, -0.2) is 0 Å². The molecule has 1 atom stereocenters. The lowest BCUT2D eigenvalue weighted by Gasteiger charge is -2.18. The number of ether oxygens (including phenoxy) is 2.